The van der Waals surface area contributed by atoms with Gasteiger partial charge in [-0.25, -0.2) is 4.79 Å². The predicted molar refractivity (Wildman–Crippen MR) is 87.1 cm³/mol. The Bertz CT molecular complexity index is 733. The number of urea groups is 1. The maximum atomic E-state index is 12.2. The molecule has 0 spiro atoms. The quantitative estimate of drug-likeness (QED) is 0.449. The summed E-state index contributed by atoms with van der Waals surface area (Å²) in [5.41, 5.74) is 0.00860. The van der Waals surface area contributed by atoms with Gasteiger partial charge in [-0.05, 0) is 12.0 Å². The standard InChI is InChI=1S/C15H18N4O6/c1-8(2)13-14(21)18(15(22)17-13)7-12(20)16-10-5-4-9(19(23)24)6-11(10)25-3/h4-6,8,13H,7H2,1-3H3,(H,16,20)(H,17,22). The summed E-state index contributed by atoms with van der Waals surface area (Å²) < 4.78 is 5.02. The van der Waals surface area contributed by atoms with E-state index in [1.54, 1.807) is 13.8 Å². The number of benzene rings is 1. The van der Waals surface area contributed by atoms with Gasteiger partial charge >= 0.3 is 6.03 Å². The van der Waals surface area contributed by atoms with Crippen LogP contribution in [0.25, 0.3) is 0 Å². The second kappa shape index (κ2) is 7.16. The number of carbonyl (C=O) groups is 3. The Morgan fingerprint density at radius 3 is 2.64 bits per heavy atom. The number of hydrogen-bond acceptors (Lipinski definition) is 6. The van der Waals surface area contributed by atoms with Crippen molar-refractivity contribution in [2.24, 2.45) is 5.92 Å². The van der Waals surface area contributed by atoms with Crippen molar-refractivity contribution in [3.8, 4) is 5.75 Å². The highest BCUT2D eigenvalue weighted by Gasteiger charge is 2.40. The minimum atomic E-state index is -0.658. The number of methoxy groups -OCH3 is 1. The van der Waals surface area contributed by atoms with E-state index in [1.165, 1.54) is 19.2 Å². The molecule has 10 heteroatoms. The number of anilines is 1. The lowest BCUT2D eigenvalue weighted by Crippen LogP contribution is -2.39. The first-order chi connectivity index (χ1) is 11.7. The van der Waals surface area contributed by atoms with Crippen LogP contribution in [0.1, 0.15) is 13.8 Å². The lowest BCUT2D eigenvalue weighted by atomic mass is 10.1. The Hall–Kier alpha value is -3.17. The largest absolute Gasteiger partial charge is 0.494 e. The Labute approximate surface area is 143 Å². The molecule has 1 aliphatic heterocycles. The molecule has 10 nitrogen and oxygen atoms in total. The van der Waals surface area contributed by atoms with Crippen LogP contribution in [0.3, 0.4) is 0 Å². The molecule has 1 atom stereocenters. The van der Waals surface area contributed by atoms with Gasteiger partial charge in [-0.1, -0.05) is 13.8 Å². The molecule has 1 fully saturated rings. The van der Waals surface area contributed by atoms with E-state index in [4.69, 9.17) is 4.74 Å². The van der Waals surface area contributed by atoms with E-state index >= 15 is 0 Å². The number of hydrogen-bond donors (Lipinski definition) is 2. The lowest BCUT2D eigenvalue weighted by molar-refractivity contribution is -0.384. The van der Waals surface area contributed by atoms with Crippen LogP contribution < -0.4 is 15.4 Å². The Morgan fingerprint density at radius 1 is 1.44 bits per heavy atom. The zero-order chi connectivity index (χ0) is 18.7. The van der Waals surface area contributed by atoms with Gasteiger partial charge in [0.1, 0.15) is 18.3 Å². The van der Waals surface area contributed by atoms with E-state index in [0.717, 1.165) is 11.0 Å². The first kappa shape index (κ1) is 18.2. The average molecular weight is 350 g/mol. The summed E-state index contributed by atoms with van der Waals surface area (Å²) in [6.45, 7) is 3.11. The number of nitrogens with one attached hydrogen (secondary N) is 2. The van der Waals surface area contributed by atoms with Crippen LogP contribution in [0.2, 0.25) is 0 Å². The molecule has 1 heterocycles. The smallest absolute Gasteiger partial charge is 0.325 e. The number of nitrogens with zero attached hydrogens (tertiary/aromatic N) is 2. The van der Waals surface area contributed by atoms with Gasteiger partial charge in [0.15, 0.2) is 0 Å². The van der Waals surface area contributed by atoms with Gasteiger partial charge in [0, 0.05) is 6.07 Å². The van der Waals surface area contributed by atoms with Crippen molar-refractivity contribution in [2.75, 3.05) is 19.0 Å². The summed E-state index contributed by atoms with van der Waals surface area (Å²) in [6, 6.07) is 2.40. The number of nitro benzene ring substituents is 1. The van der Waals surface area contributed by atoms with Gasteiger partial charge in [0.05, 0.1) is 23.8 Å². The molecule has 0 bridgehead atoms. The molecule has 1 aromatic rings. The van der Waals surface area contributed by atoms with Gasteiger partial charge in [-0.2, -0.15) is 0 Å². The monoisotopic (exact) mass is 350 g/mol. The fourth-order valence-electron chi connectivity index (χ4n) is 2.37. The second-order valence-corrected chi connectivity index (χ2v) is 5.79. The van der Waals surface area contributed by atoms with Crippen molar-refractivity contribution in [2.45, 2.75) is 19.9 Å². The first-order valence-corrected chi connectivity index (χ1v) is 7.48. The third kappa shape index (κ3) is 3.84. The fourth-order valence-corrected chi connectivity index (χ4v) is 2.37. The molecule has 1 unspecified atom stereocenters. The average Bonchev–Trinajstić information content (AvgIpc) is 2.83. The van der Waals surface area contributed by atoms with Crippen LogP contribution in [0.5, 0.6) is 5.75 Å². The predicted octanol–water partition coefficient (Wildman–Crippen LogP) is 1.12. The molecule has 0 radical (unpaired) electrons. The summed E-state index contributed by atoms with van der Waals surface area (Å²) in [6.07, 6.45) is 0. The van der Waals surface area contributed by atoms with E-state index < -0.39 is 35.4 Å². The summed E-state index contributed by atoms with van der Waals surface area (Å²) in [5, 5.41) is 15.8. The molecule has 0 aliphatic carbocycles. The maximum absolute atomic E-state index is 12.2. The third-order valence-electron chi connectivity index (χ3n) is 3.69. The molecule has 1 aromatic carbocycles. The molecule has 1 aliphatic rings. The van der Waals surface area contributed by atoms with E-state index in [0.29, 0.717) is 0 Å². The molecule has 1 saturated heterocycles. The summed E-state index contributed by atoms with van der Waals surface area (Å²) in [4.78, 5) is 47.2. The van der Waals surface area contributed by atoms with Crippen molar-refractivity contribution in [1.29, 1.82) is 0 Å². The number of carbonyl (C=O) groups excluding carboxylic acids is 3. The van der Waals surface area contributed by atoms with Gasteiger partial charge in [0.2, 0.25) is 5.91 Å². The first-order valence-electron chi connectivity index (χ1n) is 7.48. The van der Waals surface area contributed by atoms with Crippen molar-refractivity contribution < 1.29 is 24.0 Å². The molecule has 2 N–H and O–H groups in total. The maximum Gasteiger partial charge on any atom is 0.325 e. The second-order valence-electron chi connectivity index (χ2n) is 5.79. The number of rotatable bonds is 6. The number of imide groups is 1. The molecule has 4 amide bonds. The minimum Gasteiger partial charge on any atom is -0.494 e. The van der Waals surface area contributed by atoms with Gasteiger partial charge in [-0.3, -0.25) is 24.6 Å². The van der Waals surface area contributed by atoms with E-state index in [1.807, 2.05) is 0 Å². The van der Waals surface area contributed by atoms with Gasteiger partial charge in [0.25, 0.3) is 11.6 Å². The van der Waals surface area contributed by atoms with Crippen LogP contribution in [0, 0.1) is 16.0 Å². The third-order valence-corrected chi connectivity index (χ3v) is 3.69. The van der Waals surface area contributed by atoms with Crippen LogP contribution in [0.4, 0.5) is 16.2 Å². The molecule has 25 heavy (non-hydrogen) atoms. The van der Waals surface area contributed by atoms with E-state index in [-0.39, 0.29) is 23.0 Å². The summed E-state index contributed by atoms with van der Waals surface area (Å²) in [5.74, 6) is -1.09. The normalized spacial score (nSPS) is 16.8. The number of nitro groups is 1. The van der Waals surface area contributed by atoms with Crippen molar-refractivity contribution in [3.05, 3.63) is 28.3 Å². The van der Waals surface area contributed by atoms with Crippen molar-refractivity contribution in [3.63, 3.8) is 0 Å². The topological polar surface area (TPSA) is 131 Å². The van der Waals surface area contributed by atoms with E-state index in [9.17, 15) is 24.5 Å². The number of ether oxygens (including phenoxy) is 1. The van der Waals surface area contributed by atoms with Crippen LogP contribution >= 0.6 is 0 Å². The molecule has 0 aromatic heterocycles. The lowest BCUT2D eigenvalue weighted by Gasteiger charge is -2.15. The van der Waals surface area contributed by atoms with Crippen LogP contribution in [-0.4, -0.2) is 47.4 Å². The van der Waals surface area contributed by atoms with Gasteiger partial charge in [-0.15, -0.1) is 0 Å². The summed E-state index contributed by atoms with van der Waals surface area (Å²) in [7, 11) is 1.30. The molecule has 2 rings (SSSR count). The zero-order valence-corrected chi connectivity index (χ0v) is 13.9. The number of non-ortho nitro benzene ring substituents is 1. The minimum absolute atomic E-state index is 0.0970. The van der Waals surface area contributed by atoms with Crippen LogP contribution in [0.15, 0.2) is 18.2 Å². The fraction of sp³-hybridized carbons (Fsp3) is 0.400. The van der Waals surface area contributed by atoms with Crippen LogP contribution in [-0.2, 0) is 9.59 Å². The Balaban J connectivity index is 2.09. The highest BCUT2D eigenvalue weighted by molar-refractivity contribution is 6.08. The summed E-state index contributed by atoms with van der Waals surface area (Å²) >= 11 is 0. The Morgan fingerprint density at radius 2 is 2.12 bits per heavy atom. The Kier molecular flexibility index (Phi) is 5.20. The SMILES string of the molecule is COc1cc([N+](=O)[O-])ccc1NC(=O)CN1C(=O)NC(C(C)C)C1=O. The molecule has 0 saturated carbocycles. The van der Waals surface area contributed by atoms with E-state index in [2.05, 4.69) is 10.6 Å². The molecule has 134 valence electrons. The van der Waals surface area contributed by atoms with Crippen molar-refractivity contribution in [1.82, 2.24) is 10.2 Å². The van der Waals surface area contributed by atoms with Gasteiger partial charge < -0.3 is 15.4 Å². The zero-order valence-electron chi connectivity index (χ0n) is 13.9. The van der Waals surface area contributed by atoms with Crippen molar-refractivity contribution >= 4 is 29.2 Å². The highest BCUT2D eigenvalue weighted by Crippen LogP contribution is 2.29. The number of amides is 4. The highest BCUT2D eigenvalue weighted by atomic mass is 16.6. The molecular weight excluding hydrogens is 332 g/mol. The molecular formula is C15H18N4O6.